The van der Waals surface area contributed by atoms with Crippen LogP contribution in [0, 0.1) is 11.3 Å². The highest BCUT2D eigenvalue weighted by Crippen LogP contribution is 2.40. The zero-order chi connectivity index (χ0) is 15.9. The Bertz CT molecular complexity index is 868. The number of hydrogen-bond acceptors (Lipinski definition) is 1. The fraction of sp³-hybridized carbons (Fsp3) is 0.125. The molecule has 0 radical (unpaired) electrons. The van der Waals surface area contributed by atoms with Crippen molar-refractivity contribution in [2.75, 3.05) is 7.05 Å². The third-order valence-corrected chi connectivity index (χ3v) is 3.41. The molecule has 0 spiro atoms. The summed E-state index contributed by atoms with van der Waals surface area (Å²) in [5, 5.41) is 8.98. The van der Waals surface area contributed by atoms with Gasteiger partial charge in [-0.1, -0.05) is 22.8 Å². The molecular formula is C16H10F3N3+2. The molecule has 0 N–H and O–H groups in total. The zero-order valence-corrected chi connectivity index (χ0v) is 11.5. The molecule has 22 heavy (non-hydrogen) atoms. The maximum atomic E-state index is 13.1. The van der Waals surface area contributed by atoms with Crippen LogP contribution in [0.25, 0.3) is 0 Å². The minimum atomic E-state index is -4.58. The van der Waals surface area contributed by atoms with Gasteiger partial charge >= 0.3 is 12.2 Å². The topological polar surface area (TPSA) is 29.8 Å². The van der Waals surface area contributed by atoms with E-state index in [9.17, 15) is 13.2 Å². The summed E-state index contributed by atoms with van der Waals surface area (Å²) < 4.78 is 42.5. The summed E-state index contributed by atoms with van der Waals surface area (Å²) in [7, 11) is 1.68. The van der Waals surface area contributed by atoms with Crippen LogP contribution in [0.3, 0.4) is 0 Å². The third-order valence-electron chi connectivity index (χ3n) is 3.41. The van der Waals surface area contributed by atoms with Crippen molar-refractivity contribution in [2.45, 2.75) is 6.18 Å². The summed E-state index contributed by atoms with van der Waals surface area (Å²) in [4.78, 5) is 0. The van der Waals surface area contributed by atoms with Crippen LogP contribution in [-0.4, -0.2) is 17.6 Å². The van der Waals surface area contributed by atoms with Gasteiger partial charge in [0, 0.05) is 24.3 Å². The molecule has 6 heteroatoms. The quantitative estimate of drug-likeness (QED) is 0.735. The molecule has 1 heterocycles. The second-order valence-electron chi connectivity index (χ2n) is 4.83. The Labute approximate surface area is 124 Å². The predicted octanol–water partition coefficient (Wildman–Crippen LogP) is 3.87. The minimum Gasteiger partial charge on any atom is -0.192 e. The number of hydrogen-bond donors (Lipinski definition) is 0. The van der Waals surface area contributed by atoms with E-state index in [4.69, 9.17) is 5.26 Å². The van der Waals surface area contributed by atoms with Gasteiger partial charge in [-0.3, -0.25) is 0 Å². The van der Waals surface area contributed by atoms with Crippen LogP contribution < -0.4 is 4.58 Å². The van der Waals surface area contributed by atoms with Gasteiger partial charge in [0.15, 0.2) is 7.05 Å². The molecule has 0 atom stereocenters. The van der Waals surface area contributed by atoms with Crippen molar-refractivity contribution < 1.29 is 17.7 Å². The Morgan fingerprint density at radius 2 is 1.77 bits per heavy atom. The average molecular weight is 301 g/mol. The van der Waals surface area contributed by atoms with Crippen molar-refractivity contribution in [3.8, 4) is 6.07 Å². The first-order valence-electron chi connectivity index (χ1n) is 6.42. The molecule has 2 aromatic rings. The number of rotatable bonds is 1. The van der Waals surface area contributed by atoms with Crippen molar-refractivity contribution in [3.63, 3.8) is 0 Å². The van der Waals surface area contributed by atoms with Crippen LogP contribution in [0.5, 0.6) is 0 Å². The van der Waals surface area contributed by atoms with Gasteiger partial charge < -0.3 is 0 Å². The summed E-state index contributed by atoms with van der Waals surface area (Å²) in [5.41, 5.74) is 0.223. The highest BCUT2D eigenvalue weighted by molar-refractivity contribution is 5.76. The molecule has 0 bridgehead atoms. The fourth-order valence-corrected chi connectivity index (χ4v) is 2.38. The second kappa shape index (κ2) is 4.83. The number of fused-ring (bicyclic) bond motifs is 1. The van der Waals surface area contributed by atoms with Crippen LogP contribution in [-0.2, 0) is 6.18 Å². The van der Waals surface area contributed by atoms with Gasteiger partial charge in [-0.05, 0) is 4.58 Å². The molecule has 2 aromatic carbocycles. The summed E-state index contributed by atoms with van der Waals surface area (Å²) in [6.07, 6.45) is -4.58. The molecule has 0 unspecified atom stereocenters. The molecule has 3 nitrogen and oxygen atoms in total. The summed E-state index contributed by atoms with van der Waals surface area (Å²) in [6, 6.07) is 15.8. The van der Waals surface area contributed by atoms with E-state index >= 15 is 0 Å². The smallest absolute Gasteiger partial charge is 0.192 e. The van der Waals surface area contributed by atoms with Crippen molar-refractivity contribution in [3.05, 3.63) is 53.6 Å². The standard InChI is InChI=1S/C16H10F3N3/c1-21-10-22(12-5-3-2-4-6-12)15-8-13(16(17,18)19)11(9-20)7-14(15)21/h2-8H,1H3/q+2. The molecule has 0 saturated heterocycles. The predicted molar refractivity (Wildman–Crippen MR) is 74.9 cm³/mol. The highest BCUT2D eigenvalue weighted by Gasteiger charge is 2.41. The maximum absolute atomic E-state index is 13.1. The Morgan fingerprint density at radius 1 is 1.09 bits per heavy atom. The summed E-state index contributed by atoms with van der Waals surface area (Å²) in [5.74, 6) is 0. The van der Waals surface area contributed by atoms with Crippen LogP contribution >= 0.6 is 0 Å². The number of para-hydroxylation sites is 1. The third kappa shape index (κ3) is 2.18. The fourth-order valence-electron chi connectivity index (χ4n) is 2.38. The lowest BCUT2D eigenvalue weighted by molar-refractivity contribution is -0.394. The first-order chi connectivity index (χ1) is 10.4. The average Bonchev–Trinajstić information content (AvgIpc) is 2.82. The van der Waals surface area contributed by atoms with E-state index < -0.39 is 17.3 Å². The van der Waals surface area contributed by atoms with Crippen LogP contribution in [0.15, 0.2) is 42.5 Å². The van der Waals surface area contributed by atoms with Crippen molar-refractivity contribution in [1.29, 1.82) is 5.26 Å². The summed E-state index contributed by atoms with van der Waals surface area (Å²) in [6.45, 7) is 0. The van der Waals surface area contributed by atoms with Crippen molar-refractivity contribution >= 4 is 23.1 Å². The summed E-state index contributed by atoms with van der Waals surface area (Å²) >= 11 is 0. The van der Waals surface area contributed by atoms with Gasteiger partial charge in [0.25, 0.3) is 11.4 Å². The van der Waals surface area contributed by atoms with E-state index in [-0.39, 0.29) is 0 Å². The molecule has 0 amide bonds. The van der Waals surface area contributed by atoms with Crippen LogP contribution in [0.4, 0.5) is 30.2 Å². The second-order valence-corrected chi connectivity index (χ2v) is 4.83. The molecule has 0 fully saturated rings. The van der Waals surface area contributed by atoms with Crippen LogP contribution in [0.1, 0.15) is 11.1 Å². The first-order valence-corrected chi connectivity index (χ1v) is 6.42. The van der Waals surface area contributed by atoms with E-state index in [0.29, 0.717) is 17.1 Å². The molecule has 0 aromatic heterocycles. The Kier molecular flexibility index (Phi) is 3.09. The molecule has 108 valence electrons. The van der Waals surface area contributed by atoms with E-state index in [1.807, 2.05) is 6.07 Å². The Balaban J connectivity index is 2.25. The van der Waals surface area contributed by atoms with Gasteiger partial charge in [-0.2, -0.15) is 18.4 Å². The van der Waals surface area contributed by atoms with E-state index in [1.54, 1.807) is 46.5 Å². The highest BCUT2D eigenvalue weighted by atomic mass is 19.4. The minimum absolute atomic E-state index is 0.347. The number of nitrogens with zero attached hydrogens (tertiary/aromatic N) is 3. The normalized spacial score (nSPS) is 13.2. The number of halogens is 3. The molecular weight excluding hydrogens is 291 g/mol. The van der Waals surface area contributed by atoms with Crippen molar-refractivity contribution in [2.24, 2.45) is 0 Å². The van der Waals surface area contributed by atoms with Gasteiger partial charge in [0.05, 0.1) is 11.1 Å². The number of nitriles is 1. The van der Waals surface area contributed by atoms with Crippen LogP contribution in [0.2, 0.25) is 0 Å². The monoisotopic (exact) mass is 301 g/mol. The van der Waals surface area contributed by atoms with Gasteiger partial charge in [-0.15, -0.1) is 0 Å². The zero-order valence-electron chi connectivity index (χ0n) is 11.5. The SMILES string of the molecule is C[N+]1=C=[N+](c2ccccc2)c2cc(C(F)(F)F)c(C#N)cc21. The number of benzene rings is 2. The van der Waals surface area contributed by atoms with Gasteiger partial charge in [-0.25, -0.2) is 0 Å². The van der Waals surface area contributed by atoms with Gasteiger partial charge in [0.2, 0.25) is 5.69 Å². The molecule has 0 saturated carbocycles. The lowest BCUT2D eigenvalue weighted by Gasteiger charge is -2.08. The van der Waals surface area contributed by atoms with E-state index in [2.05, 4.69) is 6.01 Å². The van der Waals surface area contributed by atoms with Gasteiger partial charge in [0.1, 0.15) is 6.07 Å². The Morgan fingerprint density at radius 3 is 2.36 bits per heavy atom. The van der Waals surface area contributed by atoms with E-state index in [0.717, 1.165) is 6.07 Å². The Hall–Kier alpha value is -2.90. The first kappa shape index (κ1) is 14.1. The largest absolute Gasteiger partial charge is 0.496 e. The molecule has 0 aliphatic carbocycles. The molecule has 1 aliphatic heterocycles. The molecule has 1 aliphatic rings. The lowest BCUT2D eigenvalue weighted by atomic mass is 10.0. The maximum Gasteiger partial charge on any atom is 0.496 e. The lowest BCUT2D eigenvalue weighted by Crippen LogP contribution is -2.09. The van der Waals surface area contributed by atoms with Crippen molar-refractivity contribution in [1.82, 2.24) is 4.58 Å². The molecule has 3 rings (SSSR count). The van der Waals surface area contributed by atoms with E-state index in [1.165, 1.54) is 6.07 Å². The number of alkyl halides is 3.